The lowest BCUT2D eigenvalue weighted by Gasteiger charge is -2.26. The number of nitrogens with zero attached hydrogens (tertiary/aromatic N) is 2. The molecule has 2 heterocycles. The summed E-state index contributed by atoms with van der Waals surface area (Å²) in [7, 11) is -3.81. The van der Waals surface area contributed by atoms with Gasteiger partial charge in [0.1, 0.15) is 11.4 Å². The molecule has 1 aliphatic rings. The van der Waals surface area contributed by atoms with E-state index in [4.69, 9.17) is 0 Å². The molecule has 2 N–H and O–H groups in total. The molecule has 3 aromatic rings. The summed E-state index contributed by atoms with van der Waals surface area (Å²) in [5.74, 6) is -0.751. The minimum atomic E-state index is -3.81. The molecule has 31 heavy (non-hydrogen) atoms. The van der Waals surface area contributed by atoms with Gasteiger partial charge < -0.3 is 10.4 Å². The van der Waals surface area contributed by atoms with Crippen LogP contribution in [0.1, 0.15) is 31.9 Å². The van der Waals surface area contributed by atoms with Crippen molar-refractivity contribution in [3.05, 3.63) is 81.2 Å². The molecule has 1 aromatic heterocycles. The van der Waals surface area contributed by atoms with E-state index in [2.05, 4.69) is 5.32 Å². The molecule has 2 aromatic carbocycles. The fourth-order valence-electron chi connectivity index (χ4n) is 3.69. The maximum Gasteiger partial charge on any atom is 0.280 e. The highest BCUT2D eigenvalue weighted by atomic mass is 32.2. The third-order valence-electron chi connectivity index (χ3n) is 5.00. The van der Waals surface area contributed by atoms with Crippen molar-refractivity contribution in [1.29, 1.82) is 0 Å². The average Bonchev–Trinajstić information content (AvgIpc) is 2.93. The Morgan fingerprint density at radius 2 is 1.71 bits per heavy atom. The number of para-hydroxylation sites is 1. The number of anilines is 1. The van der Waals surface area contributed by atoms with Gasteiger partial charge in [0.2, 0.25) is 15.7 Å². The number of aromatic hydroxyl groups is 1. The molecule has 0 unspecified atom stereocenters. The molecule has 0 fully saturated rings. The van der Waals surface area contributed by atoms with Gasteiger partial charge in [0, 0.05) is 0 Å². The molecule has 9 heteroatoms. The normalized spacial score (nSPS) is 15.2. The third-order valence-corrected chi connectivity index (χ3v) is 6.52. The van der Waals surface area contributed by atoms with Gasteiger partial charge in [-0.05, 0) is 50.6 Å². The van der Waals surface area contributed by atoms with Crippen LogP contribution in [0.5, 0.6) is 5.88 Å². The van der Waals surface area contributed by atoms with E-state index in [-0.39, 0.29) is 28.6 Å². The maximum absolute atomic E-state index is 13.4. The van der Waals surface area contributed by atoms with Crippen molar-refractivity contribution < 1.29 is 17.9 Å². The van der Waals surface area contributed by atoms with Crippen LogP contribution in [0.25, 0.3) is 5.70 Å². The monoisotopic (exact) mass is 443 g/mol. The molecule has 7 nitrogen and oxygen atoms in total. The highest BCUT2D eigenvalue weighted by Crippen LogP contribution is 2.36. The number of sulfone groups is 1. The van der Waals surface area contributed by atoms with Crippen molar-refractivity contribution in [2.24, 2.45) is 0 Å². The Morgan fingerprint density at radius 1 is 1.06 bits per heavy atom. The zero-order valence-corrected chi connectivity index (χ0v) is 18.1. The molecule has 0 aliphatic carbocycles. The third kappa shape index (κ3) is 3.65. The molecule has 0 saturated heterocycles. The van der Waals surface area contributed by atoms with Crippen molar-refractivity contribution >= 4 is 21.2 Å². The lowest BCUT2D eigenvalue weighted by atomic mass is 10.1. The van der Waals surface area contributed by atoms with E-state index >= 15 is 0 Å². The zero-order valence-electron chi connectivity index (χ0n) is 17.3. The predicted octanol–water partition coefficient (Wildman–Crippen LogP) is 3.50. The fraction of sp³-hybridized carbons (Fsp3) is 0.227. The van der Waals surface area contributed by atoms with Gasteiger partial charge in [-0.15, -0.1) is 0 Å². The summed E-state index contributed by atoms with van der Waals surface area (Å²) in [6.45, 7) is 5.50. The molecule has 0 saturated carbocycles. The van der Waals surface area contributed by atoms with Gasteiger partial charge in [-0.2, -0.15) is 0 Å². The SMILES string of the molecule is CC(C)(C)n1c(O)c(C2=CS(=O)(=O)c3ccccc3N2)c(=O)n1Cc1ccc(F)cc1. The van der Waals surface area contributed by atoms with Crippen molar-refractivity contribution in [1.82, 2.24) is 9.36 Å². The standard InChI is InChI=1S/C22H22FN3O4S/c1-22(2,3)26-21(28)19(20(27)25(26)12-14-8-10-15(23)11-9-14)17-13-31(29,30)18-7-5-4-6-16(18)24-17/h4-11,13,24,28H,12H2,1-3H3. The predicted molar refractivity (Wildman–Crippen MR) is 116 cm³/mol. The largest absolute Gasteiger partial charge is 0.493 e. The van der Waals surface area contributed by atoms with Gasteiger partial charge in [-0.3, -0.25) is 4.79 Å². The first kappa shape index (κ1) is 20.9. The molecule has 4 rings (SSSR count). The Hall–Kier alpha value is -3.33. The quantitative estimate of drug-likeness (QED) is 0.646. The Bertz CT molecular complexity index is 1360. The first-order valence-electron chi connectivity index (χ1n) is 9.62. The first-order chi connectivity index (χ1) is 14.5. The lowest BCUT2D eigenvalue weighted by molar-refractivity contribution is 0.253. The van der Waals surface area contributed by atoms with E-state index in [1.54, 1.807) is 30.3 Å². The lowest BCUT2D eigenvalue weighted by Crippen LogP contribution is -2.33. The van der Waals surface area contributed by atoms with E-state index in [9.17, 15) is 22.7 Å². The van der Waals surface area contributed by atoms with Crippen LogP contribution in [-0.2, 0) is 21.9 Å². The highest BCUT2D eigenvalue weighted by molar-refractivity contribution is 7.94. The molecule has 0 amide bonds. The van der Waals surface area contributed by atoms with Crippen LogP contribution in [0.15, 0.2) is 63.6 Å². The molecule has 0 radical (unpaired) electrons. The summed E-state index contributed by atoms with van der Waals surface area (Å²) in [5, 5.41) is 14.9. The van der Waals surface area contributed by atoms with Crippen LogP contribution < -0.4 is 10.9 Å². The number of rotatable bonds is 3. The van der Waals surface area contributed by atoms with Gasteiger partial charge in [0.25, 0.3) is 5.56 Å². The number of halogens is 1. The minimum Gasteiger partial charge on any atom is -0.493 e. The number of benzene rings is 2. The summed E-state index contributed by atoms with van der Waals surface area (Å²) < 4.78 is 41.5. The Kier molecular flexibility index (Phi) is 4.81. The van der Waals surface area contributed by atoms with Crippen LogP contribution >= 0.6 is 0 Å². The first-order valence-corrected chi connectivity index (χ1v) is 11.2. The van der Waals surface area contributed by atoms with Crippen LogP contribution in [0.4, 0.5) is 10.1 Å². The number of hydrogen-bond donors (Lipinski definition) is 2. The Labute approximate surface area is 179 Å². The summed E-state index contributed by atoms with van der Waals surface area (Å²) in [6, 6.07) is 12.0. The molecular formula is C22H22FN3O4S. The van der Waals surface area contributed by atoms with E-state index in [1.807, 2.05) is 20.8 Å². The van der Waals surface area contributed by atoms with Gasteiger partial charge >= 0.3 is 0 Å². The van der Waals surface area contributed by atoms with Crippen LogP contribution in [0, 0.1) is 5.82 Å². The summed E-state index contributed by atoms with van der Waals surface area (Å²) in [4.78, 5) is 13.5. The summed E-state index contributed by atoms with van der Waals surface area (Å²) >= 11 is 0. The van der Waals surface area contributed by atoms with Crippen molar-refractivity contribution in [2.75, 3.05) is 5.32 Å². The maximum atomic E-state index is 13.4. The second-order valence-corrected chi connectivity index (χ2v) is 10.1. The number of aromatic nitrogens is 2. The van der Waals surface area contributed by atoms with Crippen molar-refractivity contribution in [3.8, 4) is 5.88 Å². The van der Waals surface area contributed by atoms with Crippen LogP contribution in [0.2, 0.25) is 0 Å². The summed E-state index contributed by atoms with van der Waals surface area (Å²) in [6.07, 6.45) is 0. The van der Waals surface area contributed by atoms with Crippen LogP contribution in [-0.4, -0.2) is 22.9 Å². The smallest absolute Gasteiger partial charge is 0.280 e. The van der Waals surface area contributed by atoms with Crippen molar-refractivity contribution in [3.63, 3.8) is 0 Å². The van der Waals surface area contributed by atoms with E-state index in [1.165, 1.54) is 27.6 Å². The molecule has 0 atom stereocenters. The molecule has 1 aliphatic heterocycles. The molecular weight excluding hydrogens is 421 g/mol. The Morgan fingerprint density at radius 3 is 2.35 bits per heavy atom. The average molecular weight is 444 g/mol. The van der Waals surface area contributed by atoms with Crippen LogP contribution in [0.3, 0.4) is 0 Å². The second kappa shape index (κ2) is 7.12. The van der Waals surface area contributed by atoms with Gasteiger partial charge in [0.05, 0.1) is 33.8 Å². The molecule has 0 spiro atoms. The van der Waals surface area contributed by atoms with Gasteiger partial charge in [0.15, 0.2) is 0 Å². The summed E-state index contributed by atoms with van der Waals surface area (Å²) in [5.41, 5.74) is -0.431. The second-order valence-electron chi connectivity index (χ2n) is 8.37. The van der Waals surface area contributed by atoms with Gasteiger partial charge in [-0.1, -0.05) is 24.3 Å². The Balaban J connectivity index is 1.91. The number of hydrogen-bond acceptors (Lipinski definition) is 5. The molecule has 0 bridgehead atoms. The minimum absolute atomic E-state index is 0.00273. The van der Waals surface area contributed by atoms with Crippen molar-refractivity contribution in [2.45, 2.75) is 37.8 Å². The van der Waals surface area contributed by atoms with E-state index in [0.29, 0.717) is 11.3 Å². The molecule has 162 valence electrons. The highest BCUT2D eigenvalue weighted by Gasteiger charge is 2.32. The number of fused-ring (bicyclic) bond motifs is 1. The number of nitrogens with one attached hydrogen (secondary N) is 1. The fourth-order valence-corrected chi connectivity index (χ4v) is 5.00. The zero-order chi connectivity index (χ0) is 22.6. The van der Waals surface area contributed by atoms with Gasteiger partial charge in [-0.25, -0.2) is 22.2 Å². The van der Waals surface area contributed by atoms with E-state index < -0.39 is 26.8 Å². The van der Waals surface area contributed by atoms with E-state index in [0.717, 1.165) is 5.41 Å². The topological polar surface area (TPSA) is 93.3 Å².